The van der Waals surface area contributed by atoms with E-state index in [-0.39, 0.29) is 0 Å². The Balaban J connectivity index is 1.84. The van der Waals surface area contributed by atoms with E-state index in [0.29, 0.717) is 33.4 Å². The maximum Gasteiger partial charge on any atom is 0.145 e. The number of nitrogens with zero attached hydrogens (tertiary/aromatic N) is 3. The van der Waals surface area contributed by atoms with Gasteiger partial charge in [-0.2, -0.15) is 0 Å². The fourth-order valence-electron chi connectivity index (χ4n) is 1.78. The van der Waals surface area contributed by atoms with Crippen molar-refractivity contribution in [2.75, 3.05) is 5.32 Å². The van der Waals surface area contributed by atoms with E-state index in [2.05, 4.69) is 20.3 Å². The summed E-state index contributed by atoms with van der Waals surface area (Å²) >= 11 is 11.9. The van der Waals surface area contributed by atoms with Crippen LogP contribution in [0.1, 0.15) is 5.69 Å². The summed E-state index contributed by atoms with van der Waals surface area (Å²) in [4.78, 5) is 13.0. The Bertz CT molecular complexity index is 747. The minimum atomic E-state index is 0.468. The molecule has 0 unspecified atom stereocenters. The molecule has 0 spiro atoms. The summed E-state index contributed by atoms with van der Waals surface area (Å²) in [5, 5.41) is 4.12. The minimum Gasteiger partial charge on any atom is -0.363 e. The monoisotopic (exact) mass is 304 g/mol. The van der Waals surface area contributed by atoms with Gasteiger partial charge >= 0.3 is 0 Å². The Morgan fingerprint density at radius 3 is 2.55 bits per heavy atom. The van der Waals surface area contributed by atoms with Gasteiger partial charge in [0.15, 0.2) is 0 Å². The van der Waals surface area contributed by atoms with E-state index in [0.717, 1.165) is 5.69 Å². The van der Waals surface area contributed by atoms with Crippen molar-refractivity contribution in [3.8, 4) is 0 Å². The molecule has 2 aromatic heterocycles. The van der Waals surface area contributed by atoms with Gasteiger partial charge < -0.3 is 5.32 Å². The summed E-state index contributed by atoms with van der Waals surface area (Å²) in [6, 6.07) is 9.17. The lowest BCUT2D eigenvalue weighted by Crippen LogP contribution is -2.03. The van der Waals surface area contributed by atoms with Crippen LogP contribution in [0.4, 0.5) is 5.82 Å². The van der Waals surface area contributed by atoms with Crippen molar-refractivity contribution in [1.82, 2.24) is 15.0 Å². The molecule has 0 aliphatic carbocycles. The topological polar surface area (TPSA) is 50.7 Å². The quantitative estimate of drug-likeness (QED) is 0.796. The third kappa shape index (κ3) is 2.81. The van der Waals surface area contributed by atoms with E-state index in [1.165, 1.54) is 0 Å². The number of rotatable bonds is 3. The molecule has 0 atom stereocenters. The van der Waals surface area contributed by atoms with Crippen LogP contribution in [0.3, 0.4) is 0 Å². The molecule has 3 rings (SSSR count). The van der Waals surface area contributed by atoms with Gasteiger partial charge in [-0.05, 0) is 24.3 Å². The van der Waals surface area contributed by atoms with Crippen molar-refractivity contribution in [3.05, 3.63) is 58.5 Å². The molecule has 0 saturated heterocycles. The maximum atomic E-state index is 5.98. The molecule has 20 heavy (non-hydrogen) atoms. The molecule has 2 heterocycles. The summed E-state index contributed by atoms with van der Waals surface area (Å²) in [5.41, 5.74) is 2.34. The lowest BCUT2D eigenvalue weighted by molar-refractivity contribution is 1.03. The van der Waals surface area contributed by atoms with Gasteiger partial charge in [-0.3, -0.25) is 9.97 Å². The lowest BCUT2D eigenvalue weighted by atomic mass is 10.3. The van der Waals surface area contributed by atoms with Gasteiger partial charge in [-0.25, -0.2) is 4.98 Å². The van der Waals surface area contributed by atoms with E-state index in [1.807, 2.05) is 18.2 Å². The number of pyridine rings is 1. The predicted octanol–water partition coefficient (Wildman–Crippen LogP) is 3.94. The lowest BCUT2D eigenvalue weighted by Gasteiger charge is -2.06. The first-order chi connectivity index (χ1) is 9.72. The van der Waals surface area contributed by atoms with Crippen LogP contribution >= 0.6 is 23.2 Å². The number of halogens is 2. The third-order valence-electron chi connectivity index (χ3n) is 2.76. The highest BCUT2D eigenvalue weighted by atomic mass is 35.5. The van der Waals surface area contributed by atoms with E-state index in [9.17, 15) is 0 Å². The summed E-state index contributed by atoms with van der Waals surface area (Å²) in [6.45, 7) is 0.586. The van der Waals surface area contributed by atoms with Gasteiger partial charge in [0.2, 0.25) is 0 Å². The molecule has 6 heteroatoms. The normalized spacial score (nSPS) is 10.7. The SMILES string of the molecule is Clc1cc2ncc(NCc3ccccn3)nc2cc1Cl. The molecule has 0 saturated carbocycles. The van der Waals surface area contributed by atoms with Crippen LogP contribution in [0, 0.1) is 0 Å². The van der Waals surface area contributed by atoms with E-state index >= 15 is 0 Å². The average Bonchev–Trinajstić information content (AvgIpc) is 2.47. The molecule has 0 aliphatic rings. The van der Waals surface area contributed by atoms with Crippen molar-refractivity contribution in [1.29, 1.82) is 0 Å². The van der Waals surface area contributed by atoms with Gasteiger partial charge in [-0.1, -0.05) is 29.3 Å². The molecule has 3 aromatic rings. The zero-order valence-electron chi connectivity index (χ0n) is 10.3. The molecule has 0 amide bonds. The smallest absolute Gasteiger partial charge is 0.145 e. The molecular weight excluding hydrogens is 295 g/mol. The Hall–Kier alpha value is -1.91. The molecule has 0 bridgehead atoms. The first kappa shape index (κ1) is 13.1. The molecule has 0 aliphatic heterocycles. The fraction of sp³-hybridized carbons (Fsp3) is 0.0714. The van der Waals surface area contributed by atoms with Crippen molar-refractivity contribution in [2.45, 2.75) is 6.54 Å². The molecular formula is C14H10Cl2N4. The Morgan fingerprint density at radius 2 is 1.80 bits per heavy atom. The first-order valence-corrected chi connectivity index (χ1v) is 6.73. The maximum absolute atomic E-state index is 5.98. The summed E-state index contributed by atoms with van der Waals surface area (Å²) in [7, 11) is 0. The molecule has 1 N–H and O–H groups in total. The van der Waals surface area contributed by atoms with Gasteiger partial charge in [0, 0.05) is 6.20 Å². The second kappa shape index (κ2) is 5.61. The van der Waals surface area contributed by atoms with Crippen LogP contribution in [-0.2, 0) is 6.54 Å². The summed E-state index contributed by atoms with van der Waals surface area (Å²) < 4.78 is 0. The number of fused-ring (bicyclic) bond motifs is 1. The van der Waals surface area contributed by atoms with Gasteiger partial charge in [-0.15, -0.1) is 0 Å². The van der Waals surface area contributed by atoms with Crippen LogP contribution in [0.2, 0.25) is 10.0 Å². The number of hydrogen-bond acceptors (Lipinski definition) is 4. The Morgan fingerprint density at radius 1 is 1.00 bits per heavy atom. The van der Waals surface area contributed by atoms with E-state index < -0.39 is 0 Å². The zero-order chi connectivity index (χ0) is 13.9. The fourth-order valence-corrected chi connectivity index (χ4v) is 2.09. The van der Waals surface area contributed by atoms with E-state index in [4.69, 9.17) is 23.2 Å². The highest BCUT2D eigenvalue weighted by Crippen LogP contribution is 2.26. The second-order valence-electron chi connectivity index (χ2n) is 4.18. The average molecular weight is 305 g/mol. The number of hydrogen-bond donors (Lipinski definition) is 1. The van der Waals surface area contributed by atoms with Gasteiger partial charge in [0.05, 0.1) is 39.5 Å². The molecule has 1 aromatic carbocycles. The highest BCUT2D eigenvalue weighted by molar-refractivity contribution is 6.42. The van der Waals surface area contributed by atoms with Gasteiger partial charge in [0.25, 0.3) is 0 Å². The number of nitrogens with one attached hydrogen (secondary N) is 1. The Labute approximate surface area is 125 Å². The van der Waals surface area contributed by atoms with Crippen LogP contribution in [0.15, 0.2) is 42.7 Å². The van der Waals surface area contributed by atoms with Crippen LogP contribution in [-0.4, -0.2) is 15.0 Å². The van der Waals surface area contributed by atoms with Crippen molar-refractivity contribution < 1.29 is 0 Å². The number of anilines is 1. The van der Waals surface area contributed by atoms with E-state index in [1.54, 1.807) is 24.5 Å². The standard InChI is InChI=1S/C14H10Cl2N4/c15-10-5-12-13(6-11(10)16)20-14(8-18-12)19-7-9-3-1-2-4-17-9/h1-6,8H,7H2,(H,19,20). The highest BCUT2D eigenvalue weighted by Gasteiger charge is 2.04. The molecule has 4 nitrogen and oxygen atoms in total. The second-order valence-corrected chi connectivity index (χ2v) is 5.00. The first-order valence-electron chi connectivity index (χ1n) is 5.98. The molecule has 0 fully saturated rings. The number of aromatic nitrogens is 3. The predicted molar refractivity (Wildman–Crippen MR) is 81.1 cm³/mol. The summed E-state index contributed by atoms with van der Waals surface area (Å²) in [6.07, 6.45) is 3.42. The molecule has 100 valence electrons. The third-order valence-corrected chi connectivity index (χ3v) is 3.48. The zero-order valence-corrected chi connectivity index (χ0v) is 11.9. The van der Waals surface area contributed by atoms with Crippen LogP contribution in [0.25, 0.3) is 11.0 Å². The van der Waals surface area contributed by atoms with Crippen LogP contribution in [0.5, 0.6) is 0 Å². The molecule has 0 radical (unpaired) electrons. The largest absolute Gasteiger partial charge is 0.363 e. The van der Waals surface area contributed by atoms with Crippen molar-refractivity contribution in [2.24, 2.45) is 0 Å². The van der Waals surface area contributed by atoms with Crippen molar-refractivity contribution in [3.63, 3.8) is 0 Å². The minimum absolute atomic E-state index is 0.468. The van der Waals surface area contributed by atoms with Crippen molar-refractivity contribution >= 4 is 40.1 Å². The number of benzene rings is 1. The summed E-state index contributed by atoms with van der Waals surface area (Å²) in [5.74, 6) is 0.668. The van der Waals surface area contributed by atoms with Crippen LogP contribution < -0.4 is 5.32 Å². The van der Waals surface area contributed by atoms with Gasteiger partial charge in [0.1, 0.15) is 5.82 Å². The Kier molecular flexibility index (Phi) is 3.67.